The molecule has 110 valence electrons. The summed E-state index contributed by atoms with van der Waals surface area (Å²) >= 11 is 3.17. The summed E-state index contributed by atoms with van der Waals surface area (Å²) in [5.41, 5.74) is 6.39. The minimum absolute atomic E-state index is 0.110. The Morgan fingerprint density at radius 1 is 1.48 bits per heavy atom. The van der Waals surface area contributed by atoms with Crippen LogP contribution in [0.2, 0.25) is 0 Å². The van der Waals surface area contributed by atoms with Crippen molar-refractivity contribution in [2.45, 2.75) is 6.92 Å². The molecule has 0 atom stereocenters. The van der Waals surface area contributed by atoms with Gasteiger partial charge in [-0.3, -0.25) is 0 Å². The lowest BCUT2D eigenvalue weighted by Crippen LogP contribution is -2.10. The Labute approximate surface area is 129 Å². The summed E-state index contributed by atoms with van der Waals surface area (Å²) in [4.78, 5) is 15.8. The van der Waals surface area contributed by atoms with Gasteiger partial charge in [-0.2, -0.15) is 0 Å². The lowest BCUT2D eigenvalue weighted by molar-refractivity contribution is 0.0527. The van der Waals surface area contributed by atoms with Gasteiger partial charge in [0.15, 0.2) is 5.82 Å². The second-order valence-corrected chi connectivity index (χ2v) is 5.01. The van der Waals surface area contributed by atoms with E-state index in [2.05, 4.69) is 26.2 Å². The molecule has 0 saturated heterocycles. The number of halogens is 2. The van der Waals surface area contributed by atoms with Gasteiger partial charge in [0.2, 0.25) is 0 Å². The highest BCUT2D eigenvalue weighted by molar-refractivity contribution is 9.10. The van der Waals surface area contributed by atoms with Crippen LogP contribution in [0.4, 0.5) is 21.6 Å². The molecule has 0 aliphatic carbocycles. The van der Waals surface area contributed by atoms with Gasteiger partial charge in [-0.05, 0) is 31.2 Å². The number of nitrogens with one attached hydrogen (secondary N) is 1. The monoisotopic (exact) mass is 353 g/mol. The Kier molecular flexibility index (Phi) is 4.74. The number of anilines is 3. The van der Waals surface area contributed by atoms with E-state index in [4.69, 9.17) is 10.5 Å². The van der Waals surface area contributed by atoms with Crippen molar-refractivity contribution in [1.82, 2.24) is 4.98 Å². The minimum atomic E-state index is -0.545. The molecule has 0 aliphatic rings. The number of nitrogens with zero attached hydrogens (tertiary/aromatic N) is 1. The summed E-state index contributed by atoms with van der Waals surface area (Å²) in [5.74, 6) is -0.814. The number of carbonyl (C=O) groups excluding carboxylic acids is 1. The largest absolute Gasteiger partial charge is 0.462 e. The third-order valence-corrected chi connectivity index (χ3v) is 3.16. The van der Waals surface area contributed by atoms with Crippen molar-refractivity contribution in [3.05, 3.63) is 46.3 Å². The Morgan fingerprint density at radius 3 is 2.90 bits per heavy atom. The Bertz CT molecular complexity index is 679. The smallest absolute Gasteiger partial charge is 0.340 e. The van der Waals surface area contributed by atoms with E-state index >= 15 is 0 Å². The van der Waals surface area contributed by atoms with Crippen LogP contribution >= 0.6 is 15.9 Å². The normalized spacial score (nSPS) is 10.2. The van der Waals surface area contributed by atoms with Crippen molar-refractivity contribution < 1.29 is 13.9 Å². The van der Waals surface area contributed by atoms with Gasteiger partial charge in [0.1, 0.15) is 5.82 Å². The van der Waals surface area contributed by atoms with Crippen molar-refractivity contribution >= 4 is 39.1 Å². The molecule has 0 unspecified atom stereocenters. The molecule has 0 saturated carbocycles. The summed E-state index contributed by atoms with van der Waals surface area (Å²) in [6.07, 6.45) is 1.40. The molecule has 1 heterocycles. The molecule has 3 N–H and O–H groups in total. The Balaban J connectivity index is 2.32. The van der Waals surface area contributed by atoms with Crippen LogP contribution in [0.15, 0.2) is 34.9 Å². The number of hydrogen-bond acceptors (Lipinski definition) is 5. The van der Waals surface area contributed by atoms with Gasteiger partial charge in [-0.15, -0.1) is 0 Å². The van der Waals surface area contributed by atoms with Gasteiger partial charge in [0.05, 0.1) is 23.5 Å². The Hall–Kier alpha value is -2.15. The summed E-state index contributed by atoms with van der Waals surface area (Å²) in [5, 5.41) is 2.77. The molecule has 5 nitrogen and oxygen atoms in total. The first kappa shape index (κ1) is 15.2. The number of nitrogen functional groups attached to an aromatic ring is 1. The fourth-order valence-corrected chi connectivity index (χ4v) is 2.01. The SMILES string of the molecule is CCOC(=O)c1ccnc(Nc2ccc(Br)cc2F)c1N. The fourth-order valence-electron chi connectivity index (χ4n) is 1.68. The number of carbonyl (C=O) groups is 1. The highest BCUT2D eigenvalue weighted by Crippen LogP contribution is 2.27. The second-order valence-electron chi connectivity index (χ2n) is 4.09. The molecule has 0 fully saturated rings. The zero-order chi connectivity index (χ0) is 15.4. The summed E-state index contributed by atoms with van der Waals surface area (Å²) in [6.45, 7) is 1.94. The number of ether oxygens (including phenoxy) is 1. The first-order valence-electron chi connectivity index (χ1n) is 6.16. The average molecular weight is 354 g/mol. The molecule has 1 aromatic carbocycles. The molecular formula is C14H13BrFN3O2. The standard InChI is InChI=1S/C14H13BrFN3O2/c1-2-21-14(20)9-5-6-18-13(12(9)17)19-11-4-3-8(15)7-10(11)16/h3-7H,2,17H2,1H3,(H,18,19). The van der Waals surface area contributed by atoms with Crippen LogP contribution in [0, 0.1) is 5.82 Å². The quantitative estimate of drug-likeness (QED) is 0.822. The predicted molar refractivity (Wildman–Crippen MR) is 82.0 cm³/mol. The van der Waals surface area contributed by atoms with Crippen LogP contribution in [0.25, 0.3) is 0 Å². The van der Waals surface area contributed by atoms with Crippen LogP contribution in [0.5, 0.6) is 0 Å². The van der Waals surface area contributed by atoms with Crippen LogP contribution < -0.4 is 11.1 Å². The van der Waals surface area contributed by atoms with Crippen molar-refractivity contribution in [1.29, 1.82) is 0 Å². The van der Waals surface area contributed by atoms with Crippen molar-refractivity contribution in [2.24, 2.45) is 0 Å². The Morgan fingerprint density at radius 2 is 2.24 bits per heavy atom. The van der Waals surface area contributed by atoms with Gasteiger partial charge in [0, 0.05) is 10.7 Å². The highest BCUT2D eigenvalue weighted by atomic mass is 79.9. The van der Waals surface area contributed by atoms with Crippen molar-refractivity contribution in [2.75, 3.05) is 17.7 Å². The molecule has 0 aliphatic heterocycles. The van der Waals surface area contributed by atoms with Crippen LogP contribution in [-0.4, -0.2) is 17.6 Å². The number of rotatable bonds is 4. The van der Waals surface area contributed by atoms with E-state index in [1.54, 1.807) is 13.0 Å². The molecule has 2 rings (SSSR count). The number of esters is 1. The third kappa shape index (κ3) is 3.49. The van der Waals surface area contributed by atoms with Gasteiger partial charge < -0.3 is 15.8 Å². The molecule has 0 bridgehead atoms. The third-order valence-electron chi connectivity index (χ3n) is 2.67. The second kappa shape index (κ2) is 6.53. The lowest BCUT2D eigenvalue weighted by atomic mass is 10.2. The average Bonchev–Trinajstić information content (AvgIpc) is 2.44. The zero-order valence-corrected chi connectivity index (χ0v) is 12.8. The predicted octanol–water partition coefficient (Wildman–Crippen LogP) is 3.49. The summed E-state index contributed by atoms with van der Waals surface area (Å²) in [6, 6.07) is 5.98. The molecule has 0 spiro atoms. The van der Waals surface area contributed by atoms with E-state index in [0.717, 1.165) is 0 Å². The molecule has 1 aromatic heterocycles. The topological polar surface area (TPSA) is 77.2 Å². The number of nitrogens with two attached hydrogens (primary N) is 1. The summed E-state index contributed by atoms with van der Waals surface area (Å²) in [7, 11) is 0. The molecule has 0 radical (unpaired) electrons. The number of benzene rings is 1. The van der Waals surface area contributed by atoms with E-state index in [-0.39, 0.29) is 29.4 Å². The van der Waals surface area contributed by atoms with Crippen molar-refractivity contribution in [3.63, 3.8) is 0 Å². The summed E-state index contributed by atoms with van der Waals surface area (Å²) < 4.78 is 19.3. The van der Waals surface area contributed by atoms with E-state index in [0.29, 0.717) is 4.47 Å². The van der Waals surface area contributed by atoms with Crippen LogP contribution in [0.1, 0.15) is 17.3 Å². The van der Waals surface area contributed by atoms with E-state index in [9.17, 15) is 9.18 Å². The van der Waals surface area contributed by atoms with Gasteiger partial charge in [-0.1, -0.05) is 15.9 Å². The van der Waals surface area contributed by atoms with E-state index in [1.165, 1.54) is 24.4 Å². The minimum Gasteiger partial charge on any atom is -0.462 e. The van der Waals surface area contributed by atoms with Crippen LogP contribution in [0.3, 0.4) is 0 Å². The van der Waals surface area contributed by atoms with E-state index in [1.807, 2.05) is 0 Å². The van der Waals surface area contributed by atoms with Gasteiger partial charge >= 0.3 is 5.97 Å². The zero-order valence-electron chi connectivity index (χ0n) is 11.2. The maximum Gasteiger partial charge on any atom is 0.340 e. The highest BCUT2D eigenvalue weighted by Gasteiger charge is 2.15. The first-order valence-corrected chi connectivity index (χ1v) is 6.96. The van der Waals surface area contributed by atoms with E-state index < -0.39 is 11.8 Å². The molecule has 2 aromatic rings. The van der Waals surface area contributed by atoms with Gasteiger partial charge in [0.25, 0.3) is 0 Å². The lowest BCUT2D eigenvalue weighted by Gasteiger charge is -2.12. The molecule has 21 heavy (non-hydrogen) atoms. The number of aromatic nitrogens is 1. The molecule has 0 amide bonds. The maximum atomic E-state index is 13.8. The molecular weight excluding hydrogens is 341 g/mol. The fraction of sp³-hybridized carbons (Fsp3) is 0.143. The first-order chi connectivity index (χ1) is 10.0. The maximum absolute atomic E-state index is 13.8. The molecule has 7 heteroatoms. The van der Waals surface area contributed by atoms with Crippen molar-refractivity contribution in [3.8, 4) is 0 Å². The van der Waals surface area contributed by atoms with Crippen LogP contribution in [-0.2, 0) is 4.74 Å². The number of hydrogen-bond donors (Lipinski definition) is 2. The number of pyridine rings is 1. The van der Waals surface area contributed by atoms with Gasteiger partial charge in [-0.25, -0.2) is 14.2 Å².